The molecular formula is C16H17ClN2O2. The summed E-state index contributed by atoms with van der Waals surface area (Å²) in [4.78, 5) is 11.8. The van der Waals surface area contributed by atoms with E-state index in [0.29, 0.717) is 35.1 Å². The first-order valence-electron chi connectivity index (χ1n) is 6.65. The lowest BCUT2D eigenvalue weighted by molar-refractivity contribution is 0.0527. The van der Waals surface area contributed by atoms with E-state index in [1.54, 1.807) is 19.1 Å². The van der Waals surface area contributed by atoms with Crippen molar-refractivity contribution < 1.29 is 9.53 Å². The molecule has 0 unspecified atom stereocenters. The van der Waals surface area contributed by atoms with Crippen LogP contribution in [0, 0.1) is 0 Å². The molecular weight excluding hydrogens is 288 g/mol. The van der Waals surface area contributed by atoms with Crippen LogP contribution in [0.5, 0.6) is 0 Å². The number of carbonyl (C=O) groups is 1. The lowest BCUT2D eigenvalue weighted by Gasteiger charge is -2.12. The fourth-order valence-electron chi connectivity index (χ4n) is 1.95. The lowest BCUT2D eigenvalue weighted by atomic mass is 10.1. The molecule has 0 aromatic heterocycles. The Balaban J connectivity index is 2.13. The third-order valence-corrected chi connectivity index (χ3v) is 3.21. The first-order valence-corrected chi connectivity index (χ1v) is 7.03. The first kappa shape index (κ1) is 15.2. The van der Waals surface area contributed by atoms with Crippen LogP contribution < -0.4 is 11.1 Å². The quantitative estimate of drug-likeness (QED) is 0.653. The van der Waals surface area contributed by atoms with Crippen molar-refractivity contribution in [1.82, 2.24) is 0 Å². The number of nitrogen functional groups attached to an aromatic ring is 1. The second kappa shape index (κ2) is 6.99. The number of esters is 1. The third-order valence-electron chi connectivity index (χ3n) is 2.97. The molecule has 0 saturated heterocycles. The molecule has 0 heterocycles. The van der Waals surface area contributed by atoms with Gasteiger partial charge in [0.25, 0.3) is 0 Å². The van der Waals surface area contributed by atoms with Crippen molar-refractivity contribution in [3.05, 3.63) is 58.6 Å². The van der Waals surface area contributed by atoms with Crippen molar-refractivity contribution >= 4 is 28.9 Å². The fraction of sp³-hybridized carbons (Fsp3) is 0.188. The van der Waals surface area contributed by atoms with E-state index in [1.165, 1.54) is 0 Å². The van der Waals surface area contributed by atoms with E-state index in [4.69, 9.17) is 22.1 Å². The number of benzene rings is 2. The van der Waals surface area contributed by atoms with Gasteiger partial charge in [-0.2, -0.15) is 0 Å². The Morgan fingerprint density at radius 1 is 1.29 bits per heavy atom. The number of hydrogen-bond acceptors (Lipinski definition) is 4. The second-order valence-corrected chi connectivity index (χ2v) is 4.91. The van der Waals surface area contributed by atoms with E-state index >= 15 is 0 Å². The van der Waals surface area contributed by atoms with Gasteiger partial charge in [0.1, 0.15) is 0 Å². The molecule has 21 heavy (non-hydrogen) atoms. The molecule has 2 aromatic carbocycles. The minimum Gasteiger partial charge on any atom is -0.462 e. The van der Waals surface area contributed by atoms with Gasteiger partial charge in [-0.3, -0.25) is 0 Å². The van der Waals surface area contributed by atoms with Crippen molar-refractivity contribution in [3.8, 4) is 0 Å². The Bertz CT molecular complexity index is 644. The maximum Gasteiger partial charge on any atom is 0.340 e. The molecule has 4 nitrogen and oxygen atoms in total. The molecule has 5 heteroatoms. The molecule has 0 fully saturated rings. The maximum absolute atomic E-state index is 11.8. The first-order chi connectivity index (χ1) is 10.1. The highest BCUT2D eigenvalue weighted by molar-refractivity contribution is 6.30. The average molecular weight is 305 g/mol. The topological polar surface area (TPSA) is 64.3 Å². The van der Waals surface area contributed by atoms with Gasteiger partial charge in [-0.15, -0.1) is 0 Å². The van der Waals surface area contributed by atoms with Crippen molar-refractivity contribution in [2.45, 2.75) is 13.5 Å². The van der Waals surface area contributed by atoms with E-state index in [0.717, 1.165) is 5.56 Å². The molecule has 2 aromatic rings. The van der Waals surface area contributed by atoms with E-state index in [2.05, 4.69) is 5.32 Å². The second-order valence-electron chi connectivity index (χ2n) is 4.47. The molecule has 0 aliphatic carbocycles. The highest BCUT2D eigenvalue weighted by Crippen LogP contribution is 2.24. The molecule has 0 aliphatic heterocycles. The number of carbonyl (C=O) groups excluding carboxylic acids is 1. The van der Waals surface area contributed by atoms with Crippen LogP contribution in [0.4, 0.5) is 11.4 Å². The smallest absolute Gasteiger partial charge is 0.340 e. The molecule has 0 radical (unpaired) electrons. The number of rotatable bonds is 5. The van der Waals surface area contributed by atoms with E-state index in [1.807, 2.05) is 30.3 Å². The molecule has 0 atom stereocenters. The molecule has 0 saturated carbocycles. The van der Waals surface area contributed by atoms with Crippen molar-refractivity contribution in [3.63, 3.8) is 0 Å². The van der Waals surface area contributed by atoms with Gasteiger partial charge in [-0.25, -0.2) is 4.79 Å². The zero-order valence-corrected chi connectivity index (χ0v) is 12.5. The summed E-state index contributed by atoms with van der Waals surface area (Å²) in [5, 5.41) is 3.89. The van der Waals surface area contributed by atoms with Crippen LogP contribution in [0.1, 0.15) is 22.8 Å². The molecule has 0 bridgehead atoms. The summed E-state index contributed by atoms with van der Waals surface area (Å²) < 4.78 is 4.98. The van der Waals surface area contributed by atoms with Crippen LogP contribution in [0.3, 0.4) is 0 Å². The summed E-state index contributed by atoms with van der Waals surface area (Å²) in [5.41, 5.74) is 8.50. The van der Waals surface area contributed by atoms with Crippen LogP contribution in [0.2, 0.25) is 5.02 Å². The van der Waals surface area contributed by atoms with Crippen molar-refractivity contribution in [1.29, 1.82) is 0 Å². The standard InChI is InChI=1S/C16H17ClN2O2/c1-2-21-16(20)13-7-4-8-14(15(13)18)19-10-11-5-3-6-12(17)9-11/h3-9,19H,2,10,18H2,1H3. The van der Waals surface area contributed by atoms with Crippen LogP contribution in [0.15, 0.2) is 42.5 Å². The number of nitrogens with one attached hydrogen (secondary N) is 1. The summed E-state index contributed by atoms with van der Waals surface area (Å²) in [5.74, 6) is -0.415. The minimum atomic E-state index is -0.415. The Kier molecular flexibility index (Phi) is 5.06. The number of hydrogen-bond donors (Lipinski definition) is 2. The van der Waals surface area contributed by atoms with Gasteiger partial charge in [0.15, 0.2) is 0 Å². The van der Waals surface area contributed by atoms with Crippen molar-refractivity contribution in [2.75, 3.05) is 17.7 Å². The SMILES string of the molecule is CCOC(=O)c1cccc(NCc2cccc(Cl)c2)c1N. The van der Waals surface area contributed by atoms with Gasteiger partial charge in [-0.1, -0.05) is 29.8 Å². The fourth-order valence-corrected chi connectivity index (χ4v) is 2.16. The van der Waals surface area contributed by atoms with E-state index in [-0.39, 0.29) is 0 Å². The summed E-state index contributed by atoms with van der Waals surface area (Å²) in [6.07, 6.45) is 0. The van der Waals surface area contributed by atoms with Gasteiger partial charge in [0.2, 0.25) is 0 Å². The predicted molar refractivity (Wildman–Crippen MR) is 85.6 cm³/mol. The number of anilines is 2. The van der Waals surface area contributed by atoms with Crippen LogP contribution >= 0.6 is 11.6 Å². The van der Waals surface area contributed by atoms with Crippen LogP contribution in [0.25, 0.3) is 0 Å². The van der Waals surface area contributed by atoms with Gasteiger partial charge < -0.3 is 15.8 Å². The van der Waals surface area contributed by atoms with E-state index in [9.17, 15) is 4.79 Å². The number of para-hydroxylation sites is 1. The van der Waals surface area contributed by atoms with E-state index < -0.39 is 5.97 Å². The largest absolute Gasteiger partial charge is 0.462 e. The zero-order valence-electron chi connectivity index (χ0n) is 11.7. The highest BCUT2D eigenvalue weighted by Gasteiger charge is 2.13. The Labute approximate surface area is 128 Å². The van der Waals surface area contributed by atoms with Crippen LogP contribution in [-0.4, -0.2) is 12.6 Å². The van der Waals surface area contributed by atoms with Gasteiger partial charge in [-0.05, 0) is 36.8 Å². The molecule has 0 spiro atoms. The predicted octanol–water partition coefficient (Wildman–Crippen LogP) is 3.71. The Morgan fingerprint density at radius 2 is 2.05 bits per heavy atom. The number of halogens is 1. The lowest BCUT2D eigenvalue weighted by Crippen LogP contribution is -2.10. The monoisotopic (exact) mass is 304 g/mol. The summed E-state index contributed by atoms with van der Waals surface area (Å²) in [7, 11) is 0. The summed E-state index contributed by atoms with van der Waals surface area (Å²) in [6.45, 7) is 2.64. The Hall–Kier alpha value is -2.20. The number of ether oxygens (including phenoxy) is 1. The average Bonchev–Trinajstić information content (AvgIpc) is 2.46. The van der Waals surface area contributed by atoms with Crippen LogP contribution in [-0.2, 0) is 11.3 Å². The highest BCUT2D eigenvalue weighted by atomic mass is 35.5. The van der Waals surface area contributed by atoms with Gasteiger partial charge in [0.05, 0.1) is 23.5 Å². The minimum absolute atomic E-state index is 0.318. The number of nitrogens with two attached hydrogens (primary N) is 1. The Morgan fingerprint density at radius 3 is 2.76 bits per heavy atom. The summed E-state index contributed by atoms with van der Waals surface area (Å²) >= 11 is 5.95. The molecule has 0 amide bonds. The third kappa shape index (κ3) is 3.89. The zero-order chi connectivity index (χ0) is 15.2. The van der Waals surface area contributed by atoms with Gasteiger partial charge >= 0.3 is 5.97 Å². The summed E-state index contributed by atoms with van der Waals surface area (Å²) in [6, 6.07) is 12.8. The van der Waals surface area contributed by atoms with Gasteiger partial charge in [0, 0.05) is 11.6 Å². The molecule has 0 aliphatic rings. The molecule has 110 valence electrons. The maximum atomic E-state index is 11.8. The van der Waals surface area contributed by atoms with Crippen molar-refractivity contribution in [2.24, 2.45) is 0 Å². The normalized spacial score (nSPS) is 10.2. The molecule has 3 N–H and O–H groups in total. The molecule has 2 rings (SSSR count).